The molecule has 0 bridgehead atoms. The number of benzene rings is 2. The quantitative estimate of drug-likeness (QED) is 0.399. The number of hydrogen-bond donors (Lipinski definition) is 1. The average Bonchev–Trinajstić information content (AvgIpc) is 2.57. The predicted octanol–water partition coefficient (Wildman–Crippen LogP) is 1.32. The molecule has 0 aliphatic carbocycles. The summed E-state index contributed by atoms with van der Waals surface area (Å²) in [6.07, 6.45) is 5.55. The molecule has 136 valence electrons. The van der Waals surface area contributed by atoms with E-state index in [2.05, 4.69) is 6.92 Å². The Bertz CT molecular complexity index is 791. The van der Waals surface area contributed by atoms with Crippen LogP contribution in [-0.4, -0.2) is 13.0 Å². The van der Waals surface area contributed by atoms with E-state index < -0.39 is 20.8 Å². The summed E-state index contributed by atoms with van der Waals surface area (Å²) >= 11 is 0. The summed E-state index contributed by atoms with van der Waals surface area (Å²) in [7, 11) is -4.60. The van der Waals surface area contributed by atoms with Crippen LogP contribution in [-0.2, 0) is 16.5 Å². The Labute approximate surface area is 177 Å². The van der Waals surface area contributed by atoms with E-state index in [0.717, 1.165) is 38.2 Å². The molecule has 0 amide bonds. The molecule has 26 heavy (non-hydrogen) atoms. The Kier molecular flexibility index (Phi) is 9.68. The van der Waals surface area contributed by atoms with Crippen LogP contribution in [0.5, 0.6) is 17.2 Å². The maximum absolute atomic E-state index is 12.3. The molecule has 0 spiro atoms. The zero-order chi connectivity index (χ0) is 18.3. The van der Waals surface area contributed by atoms with E-state index in [9.17, 15) is 18.1 Å². The van der Waals surface area contributed by atoms with E-state index >= 15 is 0 Å². The van der Waals surface area contributed by atoms with Crippen LogP contribution >= 0.6 is 0 Å². The number of rotatable bonds is 9. The van der Waals surface area contributed by atoms with Crippen LogP contribution in [0, 0.1) is 0 Å². The first kappa shape index (κ1) is 23.0. The largest absolute Gasteiger partial charge is 1.00 e. The minimum atomic E-state index is -4.60. The van der Waals surface area contributed by atoms with E-state index in [4.69, 9.17) is 4.74 Å². The van der Waals surface area contributed by atoms with E-state index in [1.54, 1.807) is 30.3 Å². The van der Waals surface area contributed by atoms with Gasteiger partial charge in [0, 0.05) is 6.07 Å². The summed E-state index contributed by atoms with van der Waals surface area (Å²) in [6, 6.07) is 11.5. The third-order valence-corrected chi connectivity index (χ3v) is 4.77. The Morgan fingerprint density at radius 2 is 1.65 bits per heavy atom. The molecule has 0 heterocycles. The smallest absolute Gasteiger partial charge is 0.871 e. The molecule has 7 heteroatoms. The monoisotopic (exact) mass is 386 g/mol. The van der Waals surface area contributed by atoms with Gasteiger partial charge in [-0.15, -0.1) is 0 Å². The van der Waals surface area contributed by atoms with Gasteiger partial charge in [0.25, 0.3) is 10.1 Å². The Hall–Kier alpha value is -1.05. The Balaban J connectivity index is 0.00000338. The number of aryl methyl sites for hydroxylation is 1. The van der Waals surface area contributed by atoms with Gasteiger partial charge in [-0.2, -0.15) is 8.42 Å². The van der Waals surface area contributed by atoms with Crippen LogP contribution in [0.25, 0.3) is 0 Å². The molecular weight excluding hydrogens is 363 g/mol. The number of ether oxygens (including phenoxy) is 1. The fourth-order valence-electron chi connectivity index (χ4n) is 2.61. The van der Waals surface area contributed by atoms with Crippen molar-refractivity contribution in [2.24, 2.45) is 0 Å². The fraction of sp³-hybridized carbons (Fsp3) is 0.368. The second-order valence-electron chi connectivity index (χ2n) is 5.96. The van der Waals surface area contributed by atoms with Crippen molar-refractivity contribution in [2.45, 2.75) is 50.3 Å². The van der Waals surface area contributed by atoms with Crippen LogP contribution in [0.15, 0.2) is 47.4 Å². The molecule has 2 rings (SSSR count). The second-order valence-corrected chi connectivity index (χ2v) is 7.35. The molecule has 0 atom stereocenters. The molecule has 0 unspecified atom stereocenters. The summed E-state index contributed by atoms with van der Waals surface area (Å²) in [4.78, 5) is -0.635. The van der Waals surface area contributed by atoms with Crippen molar-refractivity contribution in [3.63, 3.8) is 0 Å². The van der Waals surface area contributed by atoms with Crippen molar-refractivity contribution >= 4 is 10.1 Å². The van der Waals surface area contributed by atoms with Gasteiger partial charge < -0.3 is 9.84 Å². The van der Waals surface area contributed by atoms with Crippen molar-refractivity contribution < 1.29 is 52.4 Å². The summed E-state index contributed by atoms with van der Waals surface area (Å²) < 4.78 is 38.0. The molecule has 0 saturated carbocycles. The summed E-state index contributed by atoms with van der Waals surface area (Å²) in [6.45, 7) is 2.12. The van der Waals surface area contributed by atoms with Gasteiger partial charge in [-0.25, -0.2) is 0 Å². The third kappa shape index (κ3) is 6.93. The second kappa shape index (κ2) is 10.9. The van der Waals surface area contributed by atoms with Gasteiger partial charge in [-0.3, -0.25) is 4.55 Å². The summed E-state index contributed by atoms with van der Waals surface area (Å²) in [5.74, 6) is 0.0942. The van der Waals surface area contributed by atoms with Gasteiger partial charge in [0.2, 0.25) is 0 Å². The van der Waals surface area contributed by atoms with Gasteiger partial charge in [0.1, 0.15) is 11.5 Å². The van der Waals surface area contributed by atoms with E-state index in [-0.39, 0.29) is 35.3 Å². The van der Waals surface area contributed by atoms with Gasteiger partial charge >= 0.3 is 29.6 Å². The summed E-state index contributed by atoms with van der Waals surface area (Å²) in [5, 5.41) is 12.3. The zero-order valence-corrected chi connectivity index (χ0v) is 18.1. The molecule has 0 radical (unpaired) electrons. The minimum Gasteiger partial charge on any atom is -0.871 e. The average molecular weight is 386 g/mol. The molecule has 0 aromatic heterocycles. The fourth-order valence-corrected chi connectivity index (χ4v) is 3.24. The molecular formula is C19H23NaO5S. The van der Waals surface area contributed by atoms with Crippen molar-refractivity contribution in [1.29, 1.82) is 0 Å². The van der Waals surface area contributed by atoms with Gasteiger partial charge in [-0.1, -0.05) is 62.1 Å². The van der Waals surface area contributed by atoms with E-state index in [0.29, 0.717) is 17.7 Å². The van der Waals surface area contributed by atoms with Gasteiger partial charge in [-0.05, 0) is 31.0 Å². The van der Waals surface area contributed by atoms with Crippen LogP contribution < -0.4 is 39.4 Å². The SMILES string of the molecule is CCCCCCCc1cc(Oc2ccccc2)cc(S(=O)(=O)O)c1[O-].[Na+]. The maximum Gasteiger partial charge on any atom is 1.00 e. The van der Waals surface area contributed by atoms with Crippen molar-refractivity contribution in [1.82, 2.24) is 0 Å². The van der Waals surface area contributed by atoms with Crippen LogP contribution in [0.2, 0.25) is 0 Å². The van der Waals surface area contributed by atoms with Crippen LogP contribution in [0.4, 0.5) is 0 Å². The normalized spacial score (nSPS) is 11.0. The topological polar surface area (TPSA) is 86.7 Å². The summed E-state index contributed by atoms with van der Waals surface area (Å²) in [5.41, 5.74) is 0.345. The standard InChI is InChI=1S/C19H24O5S.Na/c1-2-3-4-5-7-10-15-13-17(24-16-11-8-6-9-12-16)14-18(19(15)20)25(21,22)23;/h6,8-9,11-14,20H,2-5,7,10H2,1H3,(H,21,22,23);/q;+1/p-1. The molecule has 0 saturated heterocycles. The minimum absolute atomic E-state index is 0. The first-order chi connectivity index (χ1) is 11.9. The molecule has 0 aliphatic rings. The van der Waals surface area contributed by atoms with E-state index in [1.165, 1.54) is 0 Å². The maximum atomic E-state index is 12.3. The van der Waals surface area contributed by atoms with Crippen molar-refractivity contribution in [2.75, 3.05) is 0 Å². The Morgan fingerprint density at radius 1 is 1.00 bits per heavy atom. The molecule has 0 aliphatic heterocycles. The van der Waals surface area contributed by atoms with Crippen LogP contribution in [0.1, 0.15) is 44.6 Å². The first-order valence-corrected chi connectivity index (χ1v) is 9.90. The molecule has 1 N–H and O–H groups in total. The Morgan fingerprint density at radius 3 is 2.27 bits per heavy atom. The van der Waals surface area contributed by atoms with Crippen LogP contribution in [0.3, 0.4) is 0 Å². The first-order valence-electron chi connectivity index (χ1n) is 8.46. The number of unbranched alkanes of at least 4 members (excludes halogenated alkanes) is 4. The number of para-hydroxylation sites is 1. The zero-order valence-electron chi connectivity index (χ0n) is 15.3. The molecule has 2 aromatic carbocycles. The van der Waals surface area contributed by atoms with Gasteiger partial charge in [0.15, 0.2) is 0 Å². The third-order valence-electron chi connectivity index (χ3n) is 3.91. The molecule has 5 nitrogen and oxygen atoms in total. The molecule has 0 fully saturated rings. The van der Waals surface area contributed by atoms with Crippen molar-refractivity contribution in [3.8, 4) is 17.2 Å². The number of hydrogen-bond acceptors (Lipinski definition) is 4. The van der Waals surface area contributed by atoms with E-state index in [1.807, 2.05) is 6.07 Å². The molecule has 2 aromatic rings. The van der Waals surface area contributed by atoms with Crippen molar-refractivity contribution in [3.05, 3.63) is 48.0 Å². The predicted molar refractivity (Wildman–Crippen MR) is 94.7 cm³/mol. The van der Waals surface area contributed by atoms with Gasteiger partial charge in [0.05, 0.1) is 4.90 Å².